The minimum absolute atomic E-state index is 0.112. The van der Waals surface area contributed by atoms with E-state index in [-0.39, 0.29) is 30.7 Å². The van der Waals surface area contributed by atoms with Gasteiger partial charge in [-0.05, 0) is 53.4 Å². The highest BCUT2D eigenvalue weighted by Gasteiger charge is 2.29. The molecule has 1 fully saturated rings. The van der Waals surface area contributed by atoms with Crippen LogP contribution in [0, 0.1) is 5.82 Å². The van der Waals surface area contributed by atoms with Gasteiger partial charge in [-0.2, -0.15) is 0 Å². The van der Waals surface area contributed by atoms with Gasteiger partial charge in [0.25, 0.3) is 0 Å². The number of aliphatic hydroxyl groups excluding tert-OH is 2. The molecule has 3 aromatic rings. The van der Waals surface area contributed by atoms with Crippen LogP contribution in [0.4, 0.5) is 4.39 Å². The summed E-state index contributed by atoms with van der Waals surface area (Å²) in [6.07, 6.45) is 0.708. The summed E-state index contributed by atoms with van der Waals surface area (Å²) in [5, 5.41) is 20.3. The van der Waals surface area contributed by atoms with E-state index in [0.717, 1.165) is 16.7 Å². The van der Waals surface area contributed by atoms with Crippen LogP contribution >= 0.6 is 11.6 Å². The monoisotopic (exact) mass is 498 g/mol. The average molecular weight is 499 g/mol. The lowest BCUT2D eigenvalue weighted by atomic mass is 9.94. The van der Waals surface area contributed by atoms with Crippen molar-refractivity contribution in [1.29, 1.82) is 0 Å². The molecule has 2 heterocycles. The van der Waals surface area contributed by atoms with E-state index >= 15 is 0 Å². The maximum absolute atomic E-state index is 13.9. The number of benzene rings is 3. The summed E-state index contributed by atoms with van der Waals surface area (Å²) in [6.45, 7) is 0.225. The molecule has 3 aromatic carbocycles. The largest absolute Gasteiger partial charge is 0.490 e. The fourth-order valence-electron chi connectivity index (χ4n) is 4.75. The maximum atomic E-state index is 13.9. The maximum Gasteiger partial charge on any atom is 0.137 e. The number of ether oxygens (including phenoxy) is 3. The van der Waals surface area contributed by atoms with Gasteiger partial charge in [-0.15, -0.1) is 0 Å². The Balaban J connectivity index is 1.20. The molecular formula is C28H28ClFO5. The van der Waals surface area contributed by atoms with Crippen LogP contribution in [0.2, 0.25) is 5.02 Å². The van der Waals surface area contributed by atoms with Crippen molar-refractivity contribution >= 4 is 11.6 Å². The van der Waals surface area contributed by atoms with Crippen molar-refractivity contribution in [3.8, 4) is 11.5 Å². The average Bonchev–Trinajstić information content (AvgIpc) is 3.29. The predicted octanol–water partition coefficient (Wildman–Crippen LogP) is 5.03. The number of hydrogen-bond donors (Lipinski definition) is 2. The zero-order valence-corrected chi connectivity index (χ0v) is 20.0. The van der Waals surface area contributed by atoms with Gasteiger partial charge in [0.2, 0.25) is 0 Å². The van der Waals surface area contributed by atoms with Gasteiger partial charge < -0.3 is 24.4 Å². The minimum atomic E-state index is -0.500. The Morgan fingerprint density at radius 2 is 1.86 bits per heavy atom. The van der Waals surface area contributed by atoms with Gasteiger partial charge in [-0.25, -0.2) is 4.39 Å². The molecule has 4 atom stereocenters. The number of hydrogen-bond acceptors (Lipinski definition) is 5. The summed E-state index contributed by atoms with van der Waals surface area (Å²) in [7, 11) is 0. The van der Waals surface area contributed by atoms with Crippen molar-refractivity contribution in [3.05, 3.63) is 93.8 Å². The third kappa shape index (κ3) is 5.62. The van der Waals surface area contributed by atoms with E-state index in [1.165, 1.54) is 6.07 Å². The highest BCUT2D eigenvalue weighted by molar-refractivity contribution is 6.31. The molecule has 0 spiro atoms. The molecule has 0 saturated carbocycles. The third-order valence-electron chi connectivity index (χ3n) is 6.58. The molecule has 0 bridgehead atoms. The molecule has 2 aliphatic heterocycles. The van der Waals surface area contributed by atoms with Crippen molar-refractivity contribution < 1.29 is 28.8 Å². The minimum Gasteiger partial charge on any atom is -0.490 e. The zero-order chi connectivity index (χ0) is 24.4. The van der Waals surface area contributed by atoms with E-state index in [9.17, 15) is 14.6 Å². The molecule has 184 valence electrons. The Hall–Kier alpha value is -2.64. The van der Waals surface area contributed by atoms with Crippen LogP contribution in [0.25, 0.3) is 0 Å². The van der Waals surface area contributed by atoms with Gasteiger partial charge in [0.1, 0.15) is 30.0 Å². The van der Waals surface area contributed by atoms with Crippen molar-refractivity contribution in [3.63, 3.8) is 0 Å². The van der Waals surface area contributed by atoms with Crippen LogP contribution in [-0.2, 0) is 17.6 Å². The molecular weight excluding hydrogens is 471 g/mol. The molecule has 5 rings (SSSR count). The Morgan fingerprint density at radius 1 is 1.03 bits per heavy atom. The van der Waals surface area contributed by atoms with Gasteiger partial charge in [0, 0.05) is 29.8 Å². The van der Waals surface area contributed by atoms with E-state index in [4.69, 9.17) is 25.8 Å². The predicted molar refractivity (Wildman–Crippen MR) is 131 cm³/mol. The molecule has 0 amide bonds. The molecule has 0 radical (unpaired) electrons. The molecule has 7 heteroatoms. The highest BCUT2D eigenvalue weighted by Crippen LogP contribution is 2.34. The molecule has 0 aliphatic carbocycles. The van der Waals surface area contributed by atoms with Crippen LogP contribution in [0.5, 0.6) is 11.5 Å². The lowest BCUT2D eigenvalue weighted by Gasteiger charge is -2.32. The number of aliphatic hydroxyl groups is 2. The van der Waals surface area contributed by atoms with E-state index in [1.807, 2.05) is 42.5 Å². The molecule has 35 heavy (non-hydrogen) atoms. The second kappa shape index (κ2) is 10.5. The van der Waals surface area contributed by atoms with E-state index in [2.05, 4.69) is 0 Å². The normalized spacial score (nSPS) is 23.5. The van der Waals surface area contributed by atoms with E-state index < -0.39 is 6.10 Å². The lowest BCUT2D eigenvalue weighted by molar-refractivity contribution is -0.113. The van der Waals surface area contributed by atoms with Crippen molar-refractivity contribution in [1.82, 2.24) is 0 Å². The molecule has 3 unspecified atom stereocenters. The number of fused-ring (bicyclic) bond motifs is 1. The smallest absolute Gasteiger partial charge is 0.137 e. The standard InChI is InChI=1S/C28H28ClFO5/c29-25-9-6-18(28-13-20(32)12-22(15-31)34-28)11-19(25)10-17-4-7-21(8-5-17)33-16-23-14-24-26(30)2-1-3-27(24)35-23/h1-9,11,20,22-23,28,31-32H,10,12-16H2/t20?,22?,23?,28-/m1/s1. The summed E-state index contributed by atoms with van der Waals surface area (Å²) in [5.41, 5.74) is 3.58. The quantitative estimate of drug-likeness (QED) is 0.478. The Labute approximate surface area is 209 Å². The summed E-state index contributed by atoms with van der Waals surface area (Å²) in [4.78, 5) is 0. The van der Waals surface area contributed by atoms with Crippen molar-refractivity contribution in [2.24, 2.45) is 0 Å². The van der Waals surface area contributed by atoms with E-state index in [0.29, 0.717) is 54.4 Å². The van der Waals surface area contributed by atoms with Crippen LogP contribution in [0.15, 0.2) is 60.7 Å². The highest BCUT2D eigenvalue weighted by atomic mass is 35.5. The van der Waals surface area contributed by atoms with Gasteiger partial charge in [0.15, 0.2) is 0 Å². The zero-order valence-electron chi connectivity index (χ0n) is 19.2. The second-order valence-electron chi connectivity index (χ2n) is 9.20. The lowest BCUT2D eigenvalue weighted by Crippen LogP contribution is -2.33. The summed E-state index contributed by atoms with van der Waals surface area (Å²) in [5.74, 6) is 1.07. The van der Waals surface area contributed by atoms with Crippen LogP contribution in [-0.4, -0.2) is 41.7 Å². The summed E-state index contributed by atoms with van der Waals surface area (Å²) in [6, 6.07) is 18.4. The van der Waals surface area contributed by atoms with Crippen LogP contribution in [0.3, 0.4) is 0 Å². The molecule has 1 saturated heterocycles. The van der Waals surface area contributed by atoms with Gasteiger partial charge in [-0.1, -0.05) is 41.9 Å². The topological polar surface area (TPSA) is 68.2 Å². The summed E-state index contributed by atoms with van der Waals surface area (Å²) < 4.78 is 31.5. The molecule has 2 N–H and O–H groups in total. The summed E-state index contributed by atoms with van der Waals surface area (Å²) >= 11 is 6.48. The Bertz CT molecular complexity index is 1170. The molecule has 5 nitrogen and oxygen atoms in total. The Morgan fingerprint density at radius 3 is 2.63 bits per heavy atom. The fraction of sp³-hybridized carbons (Fsp3) is 0.357. The Kier molecular flexibility index (Phi) is 7.25. The van der Waals surface area contributed by atoms with Crippen LogP contribution in [0.1, 0.15) is 41.2 Å². The first-order valence-electron chi connectivity index (χ1n) is 11.9. The van der Waals surface area contributed by atoms with Gasteiger partial charge >= 0.3 is 0 Å². The van der Waals surface area contributed by atoms with Gasteiger partial charge in [0.05, 0.1) is 24.9 Å². The first-order chi connectivity index (χ1) is 17.0. The first kappa shape index (κ1) is 24.1. The van der Waals surface area contributed by atoms with E-state index in [1.54, 1.807) is 12.1 Å². The second-order valence-corrected chi connectivity index (χ2v) is 9.60. The van der Waals surface area contributed by atoms with Crippen molar-refractivity contribution in [2.45, 2.75) is 50.1 Å². The molecule has 0 aromatic heterocycles. The number of rotatable bonds is 7. The number of halogens is 2. The first-order valence-corrected chi connectivity index (χ1v) is 12.2. The van der Waals surface area contributed by atoms with Crippen LogP contribution < -0.4 is 9.47 Å². The SMILES string of the molecule is OCC1CC(O)C[C@H](c2ccc(Cl)c(Cc3ccc(OCC4Cc5c(F)cccc5O4)cc3)c2)O1. The van der Waals surface area contributed by atoms with Crippen molar-refractivity contribution in [2.75, 3.05) is 13.2 Å². The fourth-order valence-corrected chi connectivity index (χ4v) is 4.94. The molecule has 2 aliphatic rings. The van der Waals surface area contributed by atoms with Gasteiger partial charge in [-0.3, -0.25) is 0 Å². The third-order valence-corrected chi connectivity index (χ3v) is 6.95.